The van der Waals surface area contributed by atoms with Crippen molar-refractivity contribution < 1.29 is 24.5 Å². The lowest BCUT2D eigenvalue weighted by atomic mass is 10.2. The van der Waals surface area contributed by atoms with Crippen molar-refractivity contribution in [2.45, 2.75) is 76.5 Å². The topological polar surface area (TPSA) is 164 Å². The van der Waals surface area contributed by atoms with Crippen LogP contribution in [0.25, 0.3) is 11.2 Å². The maximum absolute atomic E-state index is 12.5. The number of fused-ring (bicyclic) bond motifs is 1. The van der Waals surface area contributed by atoms with Crippen molar-refractivity contribution in [3.8, 4) is 0 Å². The number of nitrogens with zero attached hydrogens (tertiary/aromatic N) is 4. The van der Waals surface area contributed by atoms with Crippen molar-refractivity contribution >= 4 is 29.0 Å². The summed E-state index contributed by atoms with van der Waals surface area (Å²) in [6.45, 7) is 6.16. The van der Waals surface area contributed by atoms with Crippen LogP contribution in [0.1, 0.15) is 51.6 Å². The lowest BCUT2D eigenvalue weighted by molar-refractivity contribution is -0.122. The lowest BCUT2D eigenvalue weighted by Crippen LogP contribution is -2.43. The van der Waals surface area contributed by atoms with Crippen molar-refractivity contribution in [1.82, 2.24) is 30.2 Å². The highest BCUT2D eigenvalue weighted by Crippen LogP contribution is 2.34. The minimum atomic E-state index is -1.15. The molecule has 2 heterocycles. The van der Waals surface area contributed by atoms with E-state index < -0.39 is 36.0 Å². The summed E-state index contributed by atoms with van der Waals surface area (Å²) in [5, 5.41) is 30.1. The van der Waals surface area contributed by atoms with Gasteiger partial charge in [0.05, 0.1) is 18.4 Å². The van der Waals surface area contributed by atoms with Crippen LogP contribution >= 0.6 is 0 Å². The molecule has 1 fully saturated rings. The van der Waals surface area contributed by atoms with Crippen molar-refractivity contribution in [2.75, 3.05) is 11.9 Å². The molecule has 1 aliphatic carbocycles. The van der Waals surface area contributed by atoms with Gasteiger partial charge in [0.1, 0.15) is 29.7 Å². The van der Waals surface area contributed by atoms with Crippen molar-refractivity contribution in [2.24, 2.45) is 0 Å². The van der Waals surface area contributed by atoms with Crippen LogP contribution in [0.2, 0.25) is 0 Å². The first-order chi connectivity index (χ1) is 18.1. The molecule has 5 N–H and O–H groups in total. The molecular formula is C26H35N7O5. The standard InChI is InChI=1S/C26H35N7O5/c1-26(2,3)38-25(37)27-11-7-10-19(34)32-17-12-18(22(36)21(17)35)33-15-31-20-23(29-14-30-24(20)33)28-13-16-8-5-4-6-9-16/h4-6,8-9,14-15,17-18,21-22,35-36H,7,10-13H2,1-3H3,(H,27,37)(H,32,34)(H,28,29,30)/t17-,18+,21-,22+/m1/s1. The second-order valence-electron chi connectivity index (χ2n) is 10.4. The monoisotopic (exact) mass is 525 g/mol. The van der Waals surface area contributed by atoms with Crippen LogP contribution in [0.4, 0.5) is 10.6 Å². The molecule has 0 aliphatic heterocycles. The van der Waals surface area contributed by atoms with Crippen LogP contribution in [-0.2, 0) is 16.1 Å². The Morgan fingerprint density at radius 3 is 2.61 bits per heavy atom. The van der Waals surface area contributed by atoms with E-state index in [1.165, 1.54) is 6.33 Å². The zero-order valence-corrected chi connectivity index (χ0v) is 21.8. The number of aromatic nitrogens is 4. The van der Waals surface area contributed by atoms with Gasteiger partial charge in [-0.25, -0.2) is 19.7 Å². The van der Waals surface area contributed by atoms with Crippen LogP contribution in [0, 0.1) is 0 Å². The Morgan fingerprint density at radius 1 is 1.11 bits per heavy atom. The maximum Gasteiger partial charge on any atom is 0.407 e. The van der Waals surface area contributed by atoms with Gasteiger partial charge in [0.25, 0.3) is 0 Å². The molecule has 4 atom stereocenters. The highest BCUT2D eigenvalue weighted by atomic mass is 16.6. The summed E-state index contributed by atoms with van der Waals surface area (Å²) >= 11 is 0. The molecule has 38 heavy (non-hydrogen) atoms. The Labute approximate surface area is 220 Å². The fourth-order valence-corrected chi connectivity index (χ4v) is 4.47. The molecule has 2 amide bonds. The molecule has 12 heteroatoms. The number of aliphatic hydroxyl groups excluding tert-OH is 2. The van der Waals surface area contributed by atoms with Gasteiger partial charge in [0.2, 0.25) is 5.91 Å². The van der Waals surface area contributed by atoms with E-state index in [1.807, 2.05) is 30.3 Å². The van der Waals surface area contributed by atoms with E-state index in [0.29, 0.717) is 36.4 Å². The molecule has 1 aliphatic rings. The number of rotatable bonds is 9. The molecule has 12 nitrogen and oxygen atoms in total. The van der Waals surface area contributed by atoms with E-state index in [-0.39, 0.29) is 18.9 Å². The Morgan fingerprint density at radius 2 is 1.87 bits per heavy atom. The van der Waals surface area contributed by atoms with Crippen LogP contribution in [-0.4, -0.2) is 72.1 Å². The van der Waals surface area contributed by atoms with E-state index in [2.05, 4.69) is 30.9 Å². The summed E-state index contributed by atoms with van der Waals surface area (Å²) in [5.41, 5.74) is 1.57. The van der Waals surface area contributed by atoms with Crippen LogP contribution in [0.3, 0.4) is 0 Å². The van der Waals surface area contributed by atoms with Gasteiger partial charge < -0.3 is 35.5 Å². The molecule has 1 saturated carbocycles. The molecule has 0 bridgehead atoms. The minimum absolute atomic E-state index is 0.150. The second-order valence-corrected chi connectivity index (χ2v) is 10.4. The number of aliphatic hydroxyl groups is 2. The van der Waals surface area contributed by atoms with Crippen molar-refractivity contribution in [1.29, 1.82) is 0 Å². The number of imidazole rings is 1. The van der Waals surface area contributed by atoms with Crippen LogP contribution in [0.15, 0.2) is 43.0 Å². The van der Waals surface area contributed by atoms with Gasteiger partial charge in [0.15, 0.2) is 11.5 Å². The number of nitrogens with one attached hydrogen (secondary N) is 3. The summed E-state index contributed by atoms with van der Waals surface area (Å²) in [6.07, 6.45) is 1.04. The van der Waals surface area contributed by atoms with E-state index in [4.69, 9.17) is 4.74 Å². The summed E-state index contributed by atoms with van der Waals surface area (Å²) in [6, 6.07) is 8.71. The normalized spacial score (nSPS) is 21.3. The molecule has 4 rings (SSSR count). The minimum Gasteiger partial charge on any atom is -0.444 e. The first kappa shape index (κ1) is 27.3. The number of anilines is 1. The highest BCUT2D eigenvalue weighted by molar-refractivity contribution is 5.82. The Bertz CT molecular complexity index is 1240. The predicted molar refractivity (Wildman–Crippen MR) is 140 cm³/mol. The van der Waals surface area contributed by atoms with E-state index >= 15 is 0 Å². The lowest BCUT2D eigenvalue weighted by Gasteiger charge is -2.20. The fraction of sp³-hybridized carbons (Fsp3) is 0.500. The van der Waals surface area contributed by atoms with Gasteiger partial charge in [0, 0.05) is 19.5 Å². The number of hydrogen-bond donors (Lipinski definition) is 5. The number of amides is 2. The molecule has 204 valence electrons. The molecule has 2 aromatic heterocycles. The third-order valence-electron chi connectivity index (χ3n) is 6.27. The zero-order valence-electron chi connectivity index (χ0n) is 21.8. The first-order valence-corrected chi connectivity index (χ1v) is 12.7. The van der Waals surface area contributed by atoms with E-state index in [0.717, 1.165) is 5.56 Å². The molecule has 0 spiro atoms. The van der Waals surface area contributed by atoms with Crippen LogP contribution in [0.5, 0.6) is 0 Å². The van der Waals surface area contributed by atoms with Crippen LogP contribution < -0.4 is 16.0 Å². The SMILES string of the molecule is CC(C)(C)OC(=O)NCCCC(=O)N[C@@H]1C[C@H](n2cnc3c(NCc4ccccc4)ncnc32)[C@H](O)[C@@H]1O. The molecule has 0 unspecified atom stereocenters. The largest absolute Gasteiger partial charge is 0.444 e. The van der Waals surface area contributed by atoms with Gasteiger partial charge in [-0.2, -0.15) is 0 Å². The van der Waals surface area contributed by atoms with Gasteiger partial charge in [-0.1, -0.05) is 30.3 Å². The van der Waals surface area contributed by atoms with E-state index in [1.54, 1.807) is 31.7 Å². The molecule has 1 aromatic carbocycles. The van der Waals surface area contributed by atoms with Gasteiger partial charge in [-0.3, -0.25) is 4.79 Å². The number of carbonyl (C=O) groups excluding carboxylic acids is 2. The van der Waals surface area contributed by atoms with Gasteiger partial charge in [-0.05, 0) is 39.2 Å². The van der Waals surface area contributed by atoms with Gasteiger partial charge in [-0.15, -0.1) is 0 Å². The molecule has 3 aromatic rings. The highest BCUT2D eigenvalue weighted by Gasteiger charge is 2.43. The summed E-state index contributed by atoms with van der Waals surface area (Å²) in [4.78, 5) is 37.3. The second kappa shape index (κ2) is 11.7. The Kier molecular flexibility index (Phi) is 8.42. The number of benzene rings is 1. The summed E-state index contributed by atoms with van der Waals surface area (Å²) < 4.78 is 6.88. The summed E-state index contributed by atoms with van der Waals surface area (Å²) in [5.74, 6) is 0.286. The summed E-state index contributed by atoms with van der Waals surface area (Å²) in [7, 11) is 0. The third kappa shape index (κ3) is 6.75. The average Bonchev–Trinajstić information content (AvgIpc) is 3.42. The number of carbonyl (C=O) groups is 2. The third-order valence-corrected chi connectivity index (χ3v) is 6.27. The van der Waals surface area contributed by atoms with E-state index in [9.17, 15) is 19.8 Å². The quantitative estimate of drug-likeness (QED) is 0.263. The fourth-order valence-electron chi connectivity index (χ4n) is 4.47. The number of ether oxygens (including phenoxy) is 1. The Balaban J connectivity index is 1.33. The zero-order chi connectivity index (χ0) is 27.3. The number of alkyl carbamates (subject to hydrolysis) is 1. The molecule has 0 saturated heterocycles. The smallest absolute Gasteiger partial charge is 0.407 e. The van der Waals surface area contributed by atoms with Gasteiger partial charge >= 0.3 is 6.09 Å². The van der Waals surface area contributed by atoms with Crippen molar-refractivity contribution in [3.63, 3.8) is 0 Å². The maximum atomic E-state index is 12.5. The van der Waals surface area contributed by atoms with Crippen molar-refractivity contribution in [3.05, 3.63) is 48.5 Å². The average molecular weight is 526 g/mol. The predicted octanol–water partition coefficient (Wildman–Crippen LogP) is 1.89. The Hall–Kier alpha value is -3.77. The number of hydrogen-bond acceptors (Lipinski definition) is 9. The molecule has 0 radical (unpaired) electrons. The first-order valence-electron chi connectivity index (χ1n) is 12.7. The molecular weight excluding hydrogens is 490 g/mol.